The summed E-state index contributed by atoms with van der Waals surface area (Å²) in [4.78, 5) is 18.4. The van der Waals surface area contributed by atoms with Gasteiger partial charge in [-0.1, -0.05) is 0 Å². The molecule has 6 heteroatoms. The highest BCUT2D eigenvalue weighted by Gasteiger charge is 2.24. The third kappa shape index (κ3) is 3.75. The van der Waals surface area contributed by atoms with Crippen LogP contribution < -0.4 is 5.73 Å². The van der Waals surface area contributed by atoms with Crippen molar-refractivity contribution in [3.8, 4) is 0 Å². The topological polar surface area (TPSA) is 68.5 Å². The minimum Gasteiger partial charge on any atom is -0.372 e. The fraction of sp³-hybridized carbons (Fsp3) is 0.692. The fourth-order valence-corrected chi connectivity index (χ4v) is 3.01. The van der Waals surface area contributed by atoms with Gasteiger partial charge in [-0.3, -0.25) is 4.79 Å². The van der Waals surface area contributed by atoms with Crippen molar-refractivity contribution in [3.05, 3.63) is 16.1 Å². The number of amides is 1. The second-order valence-corrected chi connectivity index (χ2v) is 5.73. The Balaban J connectivity index is 1.91. The number of likely N-dealkylation sites (tertiary alicyclic amines) is 1. The van der Waals surface area contributed by atoms with Gasteiger partial charge < -0.3 is 15.4 Å². The van der Waals surface area contributed by atoms with Crippen LogP contribution >= 0.6 is 11.3 Å². The minimum absolute atomic E-state index is 0.000869. The molecule has 0 bridgehead atoms. The summed E-state index contributed by atoms with van der Waals surface area (Å²) in [6.07, 6.45) is 1.26. The smallest absolute Gasteiger partial charge is 0.228 e. The van der Waals surface area contributed by atoms with Crippen LogP contribution in [0.2, 0.25) is 0 Å². The molecule has 1 aromatic heterocycles. The fourth-order valence-electron chi connectivity index (χ4n) is 2.19. The Bertz CT molecular complexity index is 435. The summed E-state index contributed by atoms with van der Waals surface area (Å²) in [5.74, 6) is 0.119. The molecule has 1 amide bonds. The zero-order valence-electron chi connectivity index (χ0n) is 11.5. The van der Waals surface area contributed by atoms with Gasteiger partial charge >= 0.3 is 0 Å². The molecule has 1 aromatic rings. The SMILES string of the molecule is CCO[C@H](C)c1nc(CC(=O)N2CC[C@H](N)C2)cs1. The van der Waals surface area contributed by atoms with Gasteiger partial charge in [0.1, 0.15) is 11.1 Å². The lowest BCUT2D eigenvalue weighted by Crippen LogP contribution is -2.33. The van der Waals surface area contributed by atoms with Gasteiger partial charge in [0.2, 0.25) is 5.91 Å². The lowest BCUT2D eigenvalue weighted by atomic mass is 10.3. The molecule has 0 unspecified atom stereocenters. The number of ether oxygens (including phenoxy) is 1. The Morgan fingerprint density at radius 2 is 2.53 bits per heavy atom. The molecule has 19 heavy (non-hydrogen) atoms. The van der Waals surface area contributed by atoms with Crippen molar-refractivity contribution in [3.63, 3.8) is 0 Å². The Kier molecular flexibility index (Phi) is 4.90. The quantitative estimate of drug-likeness (QED) is 0.885. The maximum atomic E-state index is 12.1. The first-order valence-corrected chi connectivity index (χ1v) is 7.57. The van der Waals surface area contributed by atoms with E-state index in [1.165, 1.54) is 0 Å². The predicted octanol–water partition coefficient (Wildman–Crippen LogP) is 1.34. The van der Waals surface area contributed by atoms with E-state index in [9.17, 15) is 4.79 Å². The lowest BCUT2D eigenvalue weighted by Gasteiger charge is -2.14. The number of nitrogens with zero attached hydrogens (tertiary/aromatic N) is 2. The van der Waals surface area contributed by atoms with Gasteiger partial charge in [0, 0.05) is 31.1 Å². The van der Waals surface area contributed by atoms with E-state index in [1.54, 1.807) is 11.3 Å². The highest BCUT2D eigenvalue weighted by molar-refractivity contribution is 7.09. The average Bonchev–Trinajstić information content (AvgIpc) is 2.98. The summed E-state index contributed by atoms with van der Waals surface area (Å²) in [6.45, 7) is 6.05. The Morgan fingerprint density at radius 3 is 3.16 bits per heavy atom. The van der Waals surface area contributed by atoms with Crippen molar-refractivity contribution in [2.75, 3.05) is 19.7 Å². The highest BCUT2D eigenvalue weighted by Crippen LogP contribution is 2.21. The number of thiazole rings is 1. The Labute approximate surface area is 117 Å². The zero-order chi connectivity index (χ0) is 13.8. The van der Waals surface area contributed by atoms with Gasteiger partial charge in [0.15, 0.2) is 0 Å². The summed E-state index contributed by atoms with van der Waals surface area (Å²) in [7, 11) is 0. The van der Waals surface area contributed by atoms with Gasteiger partial charge in [-0.15, -0.1) is 11.3 Å². The Hall–Kier alpha value is -0.980. The van der Waals surface area contributed by atoms with Crippen LogP contribution in [0.1, 0.15) is 37.1 Å². The number of rotatable bonds is 5. The van der Waals surface area contributed by atoms with E-state index in [0.29, 0.717) is 19.6 Å². The van der Waals surface area contributed by atoms with Crippen LogP contribution in [0.5, 0.6) is 0 Å². The first-order valence-electron chi connectivity index (χ1n) is 6.69. The van der Waals surface area contributed by atoms with E-state index in [2.05, 4.69) is 4.98 Å². The first kappa shape index (κ1) is 14.4. The molecule has 0 spiro atoms. The van der Waals surface area contributed by atoms with Gasteiger partial charge in [-0.05, 0) is 20.3 Å². The number of hydrogen-bond acceptors (Lipinski definition) is 5. The minimum atomic E-state index is -0.000869. The van der Waals surface area contributed by atoms with Crippen LogP contribution in [0.3, 0.4) is 0 Å². The molecule has 2 atom stereocenters. The summed E-state index contributed by atoms with van der Waals surface area (Å²) in [5, 5.41) is 2.88. The lowest BCUT2D eigenvalue weighted by molar-refractivity contribution is -0.129. The molecule has 0 saturated carbocycles. The van der Waals surface area contributed by atoms with Gasteiger partial charge in [0.05, 0.1) is 12.1 Å². The van der Waals surface area contributed by atoms with Gasteiger partial charge in [0.25, 0.3) is 0 Å². The molecule has 2 rings (SSSR count). The van der Waals surface area contributed by atoms with Crippen LogP contribution in [-0.4, -0.2) is 41.5 Å². The number of carbonyl (C=O) groups excluding carboxylic acids is 1. The zero-order valence-corrected chi connectivity index (χ0v) is 12.3. The molecule has 0 aromatic carbocycles. The normalized spacial score (nSPS) is 20.8. The number of hydrogen-bond donors (Lipinski definition) is 1. The molecule has 0 radical (unpaired) electrons. The molecule has 0 aliphatic carbocycles. The number of aromatic nitrogens is 1. The van der Waals surface area contributed by atoms with Gasteiger partial charge in [-0.25, -0.2) is 4.98 Å². The molecule has 1 aliphatic rings. The molecule has 1 aliphatic heterocycles. The van der Waals surface area contributed by atoms with Crippen molar-refractivity contribution in [1.82, 2.24) is 9.88 Å². The van der Waals surface area contributed by atoms with Crippen molar-refractivity contribution >= 4 is 17.2 Å². The molecule has 2 heterocycles. The first-order chi connectivity index (χ1) is 9.10. The van der Waals surface area contributed by atoms with Crippen LogP contribution in [0.15, 0.2) is 5.38 Å². The summed E-state index contributed by atoms with van der Waals surface area (Å²) in [6, 6.07) is 0.132. The molecular weight excluding hydrogens is 262 g/mol. The third-order valence-electron chi connectivity index (χ3n) is 3.24. The molecule has 5 nitrogen and oxygen atoms in total. The second kappa shape index (κ2) is 6.45. The molecular formula is C13H21N3O2S. The largest absolute Gasteiger partial charge is 0.372 e. The van der Waals surface area contributed by atoms with Crippen molar-refractivity contribution < 1.29 is 9.53 Å². The maximum absolute atomic E-state index is 12.1. The second-order valence-electron chi connectivity index (χ2n) is 4.84. The average molecular weight is 283 g/mol. The molecule has 1 saturated heterocycles. The summed E-state index contributed by atoms with van der Waals surface area (Å²) < 4.78 is 5.50. The number of nitrogens with two attached hydrogens (primary N) is 1. The maximum Gasteiger partial charge on any atom is 0.228 e. The van der Waals surface area contributed by atoms with Crippen molar-refractivity contribution in [2.24, 2.45) is 5.73 Å². The standard InChI is InChI=1S/C13H21N3O2S/c1-3-18-9(2)13-15-11(8-19-13)6-12(17)16-5-4-10(14)7-16/h8-10H,3-7,14H2,1-2H3/t9-,10+/m1/s1. The number of carbonyl (C=O) groups is 1. The van der Waals surface area contributed by atoms with E-state index in [4.69, 9.17) is 10.5 Å². The Morgan fingerprint density at radius 1 is 1.74 bits per heavy atom. The van der Waals surface area contributed by atoms with Gasteiger partial charge in [-0.2, -0.15) is 0 Å². The van der Waals surface area contributed by atoms with Crippen LogP contribution in [0.25, 0.3) is 0 Å². The van der Waals surface area contributed by atoms with E-state index in [0.717, 1.165) is 23.7 Å². The molecule has 1 fully saturated rings. The molecule has 106 valence electrons. The van der Waals surface area contributed by atoms with E-state index >= 15 is 0 Å². The predicted molar refractivity (Wildman–Crippen MR) is 75.0 cm³/mol. The summed E-state index contributed by atoms with van der Waals surface area (Å²) >= 11 is 1.55. The van der Waals surface area contributed by atoms with E-state index < -0.39 is 0 Å². The van der Waals surface area contributed by atoms with Crippen molar-refractivity contribution in [1.29, 1.82) is 0 Å². The van der Waals surface area contributed by atoms with Crippen molar-refractivity contribution in [2.45, 2.75) is 38.8 Å². The third-order valence-corrected chi connectivity index (χ3v) is 4.30. The van der Waals surface area contributed by atoms with Crippen LogP contribution in [0.4, 0.5) is 0 Å². The van der Waals surface area contributed by atoms with E-state index in [1.807, 2.05) is 24.1 Å². The highest BCUT2D eigenvalue weighted by atomic mass is 32.1. The monoisotopic (exact) mass is 283 g/mol. The van der Waals surface area contributed by atoms with Crippen LogP contribution in [0, 0.1) is 0 Å². The van der Waals surface area contributed by atoms with Crippen LogP contribution in [-0.2, 0) is 16.0 Å². The molecule has 2 N–H and O–H groups in total. The van der Waals surface area contributed by atoms with E-state index in [-0.39, 0.29) is 18.1 Å². The summed E-state index contributed by atoms with van der Waals surface area (Å²) in [5.41, 5.74) is 6.64.